The number of hydrogen-bond donors (Lipinski definition) is 2. The van der Waals surface area contributed by atoms with Gasteiger partial charge in [0.25, 0.3) is 5.91 Å². The quantitative estimate of drug-likeness (QED) is 0.585. The third-order valence-corrected chi connectivity index (χ3v) is 4.66. The lowest BCUT2D eigenvalue weighted by atomic mass is 10.1. The van der Waals surface area contributed by atoms with Crippen LogP contribution < -0.4 is 5.32 Å². The zero-order valence-corrected chi connectivity index (χ0v) is 16.0. The van der Waals surface area contributed by atoms with Crippen molar-refractivity contribution in [2.45, 2.75) is 27.7 Å². The van der Waals surface area contributed by atoms with E-state index >= 15 is 0 Å². The lowest BCUT2D eigenvalue weighted by molar-refractivity contribution is -0.119. The summed E-state index contributed by atoms with van der Waals surface area (Å²) < 4.78 is 5.98. The van der Waals surface area contributed by atoms with Gasteiger partial charge in [0.2, 0.25) is 0 Å². The molecule has 1 aromatic carbocycles. The number of H-pyrrole nitrogens is 1. The zero-order valence-electron chi connectivity index (χ0n) is 14.5. The second-order valence-corrected chi connectivity index (χ2v) is 6.62. The Bertz CT molecular complexity index is 855. The van der Waals surface area contributed by atoms with E-state index in [1.165, 1.54) is 6.92 Å². The Balaban J connectivity index is 2.00. The minimum Gasteiger partial charge on any atom is -0.451 e. The van der Waals surface area contributed by atoms with Gasteiger partial charge in [-0.2, -0.15) is 0 Å². The Morgan fingerprint density at radius 2 is 1.88 bits per heavy atom. The maximum atomic E-state index is 12.2. The van der Waals surface area contributed by atoms with Crippen LogP contribution in [0.15, 0.2) is 22.7 Å². The van der Waals surface area contributed by atoms with E-state index in [4.69, 9.17) is 4.74 Å². The summed E-state index contributed by atoms with van der Waals surface area (Å²) in [4.78, 5) is 38.6. The van der Waals surface area contributed by atoms with Crippen LogP contribution in [0.25, 0.3) is 0 Å². The molecule has 1 heterocycles. The average molecular weight is 407 g/mol. The molecule has 0 bridgehead atoms. The summed E-state index contributed by atoms with van der Waals surface area (Å²) in [6, 6.07) is 5.38. The highest BCUT2D eigenvalue weighted by Gasteiger charge is 2.21. The van der Waals surface area contributed by atoms with Crippen molar-refractivity contribution < 1.29 is 19.1 Å². The minimum absolute atomic E-state index is 0.131. The Morgan fingerprint density at radius 1 is 1.20 bits per heavy atom. The predicted octanol–water partition coefficient (Wildman–Crippen LogP) is 3.70. The van der Waals surface area contributed by atoms with Gasteiger partial charge in [-0.3, -0.25) is 9.59 Å². The molecule has 6 nitrogen and oxygen atoms in total. The standard InChI is InChI=1S/C18H19BrN2O4/c1-9-7-13(5-6-14(9)19)21-15(23)8-25-18(24)17-10(2)16(12(4)22)11(3)20-17/h5-7,20H,8H2,1-4H3,(H,21,23). The number of halogens is 1. The highest BCUT2D eigenvalue weighted by Crippen LogP contribution is 2.21. The van der Waals surface area contributed by atoms with E-state index in [0.717, 1.165) is 10.0 Å². The molecule has 0 fully saturated rings. The number of ketones is 1. The molecule has 1 amide bonds. The molecule has 1 aromatic heterocycles. The van der Waals surface area contributed by atoms with Gasteiger partial charge in [0, 0.05) is 21.4 Å². The van der Waals surface area contributed by atoms with Crippen LogP contribution in [-0.2, 0) is 9.53 Å². The van der Waals surface area contributed by atoms with Crippen molar-refractivity contribution in [2.24, 2.45) is 0 Å². The first kappa shape index (κ1) is 18.9. The number of benzene rings is 1. The molecule has 7 heteroatoms. The van der Waals surface area contributed by atoms with Gasteiger partial charge in [-0.1, -0.05) is 15.9 Å². The van der Waals surface area contributed by atoms with E-state index in [-0.39, 0.29) is 11.5 Å². The van der Waals surface area contributed by atoms with Gasteiger partial charge in [-0.05, 0) is 57.0 Å². The van der Waals surface area contributed by atoms with Crippen LogP contribution in [0.3, 0.4) is 0 Å². The summed E-state index contributed by atoms with van der Waals surface area (Å²) >= 11 is 3.39. The zero-order chi connectivity index (χ0) is 18.7. The van der Waals surface area contributed by atoms with Crippen LogP contribution >= 0.6 is 15.9 Å². The monoisotopic (exact) mass is 406 g/mol. The highest BCUT2D eigenvalue weighted by molar-refractivity contribution is 9.10. The molecule has 0 aliphatic rings. The van der Waals surface area contributed by atoms with E-state index in [1.807, 2.05) is 13.0 Å². The lowest BCUT2D eigenvalue weighted by Crippen LogP contribution is -2.21. The summed E-state index contributed by atoms with van der Waals surface area (Å²) in [7, 11) is 0. The summed E-state index contributed by atoms with van der Waals surface area (Å²) in [5.74, 6) is -1.24. The second kappa shape index (κ2) is 7.65. The number of anilines is 1. The molecule has 25 heavy (non-hydrogen) atoms. The third kappa shape index (κ3) is 4.36. The summed E-state index contributed by atoms with van der Waals surface area (Å²) in [5.41, 5.74) is 3.39. The van der Waals surface area contributed by atoms with Crippen LogP contribution in [0.2, 0.25) is 0 Å². The number of aromatic amines is 1. The van der Waals surface area contributed by atoms with Crippen molar-refractivity contribution >= 4 is 39.3 Å². The number of aromatic nitrogens is 1. The van der Waals surface area contributed by atoms with Gasteiger partial charge in [-0.25, -0.2) is 4.79 Å². The minimum atomic E-state index is -0.671. The average Bonchev–Trinajstić information content (AvgIpc) is 2.83. The SMILES string of the molecule is CC(=O)c1c(C)[nH]c(C(=O)OCC(=O)Nc2ccc(Br)c(C)c2)c1C. The Morgan fingerprint density at radius 3 is 2.44 bits per heavy atom. The number of amides is 1. The first-order chi connectivity index (χ1) is 11.7. The number of carbonyl (C=O) groups is 3. The van der Waals surface area contributed by atoms with Crippen molar-refractivity contribution in [3.8, 4) is 0 Å². The molecule has 0 aliphatic heterocycles. The van der Waals surface area contributed by atoms with E-state index < -0.39 is 18.5 Å². The van der Waals surface area contributed by atoms with Gasteiger partial charge in [-0.15, -0.1) is 0 Å². The van der Waals surface area contributed by atoms with Crippen molar-refractivity contribution in [1.29, 1.82) is 0 Å². The number of aryl methyl sites for hydroxylation is 2. The lowest BCUT2D eigenvalue weighted by Gasteiger charge is -2.08. The summed E-state index contributed by atoms with van der Waals surface area (Å²) in [6.45, 7) is 6.31. The fraction of sp³-hybridized carbons (Fsp3) is 0.278. The van der Waals surface area contributed by atoms with Gasteiger partial charge < -0.3 is 15.0 Å². The maximum absolute atomic E-state index is 12.2. The third-order valence-electron chi connectivity index (χ3n) is 3.77. The molecule has 0 atom stereocenters. The summed E-state index contributed by atoms with van der Waals surface area (Å²) in [5, 5.41) is 2.66. The molecule has 2 rings (SSSR count). The molecule has 0 spiro atoms. The van der Waals surface area contributed by atoms with Crippen molar-refractivity contribution in [1.82, 2.24) is 4.98 Å². The molecule has 2 aromatic rings. The van der Waals surface area contributed by atoms with Crippen molar-refractivity contribution in [2.75, 3.05) is 11.9 Å². The number of esters is 1. The summed E-state index contributed by atoms with van der Waals surface area (Å²) in [6.07, 6.45) is 0. The van der Waals surface area contributed by atoms with Crippen LogP contribution in [-0.4, -0.2) is 29.3 Å². The Hall–Kier alpha value is -2.41. The number of Topliss-reactive ketones (excluding diaryl/α,β-unsaturated/α-hetero) is 1. The van der Waals surface area contributed by atoms with Crippen LogP contribution in [0.4, 0.5) is 5.69 Å². The van der Waals surface area contributed by atoms with Crippen LogP contribution in [0.5, 0.6) is 0 Å². The van der Waals surface area contributed by atoms with Crippen molar-refractivity contribution in [3.63, 3.8) is 0 Å². The first-order valence-electron chi connectivity index (χ1n) is 7.64. The van der Waals surface area contributed by atoms with Crippen molar-refractivity contribution in [3.05, 3.63) is 50.8 Å². The predicted molar refractivity (Wildman–Crippen MR) is 98.1 cm³/mol. The molecular weight excluding hydrogens is 388 g/mol. The number of rotatable bonds is 5. The van der Waals surface area contributed by atoms with Gasteiger partial charge in [0.1, 0.15) is 5.69 Å². The normalized spacial score (nSPS) is 10.4. The fourth-order valence-electron chi connectivity index (χ4n) is 2.61. The fourth-order valence-corrected chi connectivity index (χ4v) is 2.85. The van der Waals surface area contributed by atoms with Gasteiger partial charge in [0.05, 0.1) is 0 Å². The molecule has 0 unspecified atom stereocenters. The van der Waals surface area contributed by atoms with Crippen LogP contribution in [0.1, 0.15) is 44.6 Å². The molecule has 2 N–H and O–H groups in total. The topological polar surface area (TPSA) is 88.3 Å². The molecule has 0 saturated carbocycles. The molecular formula is C18H19BrN2O4. The van der Waals surface area contributed by atoms with E-state index in [0.29, 0.717) is 22.5 Å². The highest BCUT2D eigenvalue weighted by atomic mass is 79.9. The Labute approximate surface area is 154 Å². The Kier molecular flexibility index (Phi) is 5.79. The van der Waals surface area contributed by atoms with Gasteiger partial charge >= 0.3 is 5.97 Å². The maximum Gasteiger partial charge on any atom is 0.355 e. The second-order valence-electron chi connectivity index (χ2n) is 5.77. The number of nitrogens with one attached hydrogen (secondary N) is 2. The molecule has 0 radical (unpaired) electrons. The van der Waals surface area contributed by atoms with E-state index in [1.54, 1.807) is 26.0 Å². The number of ether oxygens (including phenoxy) is 1. The smallest absolute Gasteiger partial charge is 0.355 e. The largest absolute Gasteiger partial charge is 0.451 e. The molecule has 132 valence electrons. The van der Waals surface area contributed by atoms with E-state index in [9.17, 15) is 14.4 Å². The molecule has 0 aliphatic carbocycles. The number of carbonyl (C=O) groups excluding carboxylic acids is 3. The van der Waals surface area contributed by atoms with Crippen LogP contribution in [0, 0.1) is 20.8 Å². The number of hydrogen-bond acceptors (Lipinski definition) is 4. The molecule has 0 saturated heterocycles. The first-order valence-corrected chi connectivity index (χ1v) is 8.43. The van der Waals surface area contributed by atoms with E-state index in [2.05, 4.69) is 26.2 Å². The van der Waals surface area contributed by atoms with Gasteiger partial charge in [0.15, 0.2) is 12.4 Å².